The molecule has 1 aliphatic rings. The molecule has 0 saturated heterocycles. The van der Waals surface area contributed by atoms with E-state index >= 15 is 0 Å². The summed E-state index contributed by atoms with van der Waals surface area (Å²) >= 11 is 1.68. The van der Waals surface area contributed by atoms with E-state index < -0.39 is 0 Å². The molecule has 1 aromatic heterocycles. The van der Waals surface area contributed by atoms with Crippen LogP contribution in [0.15, 0.2) is 18.2 Å². The molecule has 2 aromatic rings. The maximum atomic E-state index is 12.3. The number of rotatable bonds is 4. The smallest absolute Gasteiger partial charge is 0.255 e. The maximum Gasteiger partial charge on any atom is 0.255 e. The second-order valence-electron chi connectivity index (χ2n) is 5.08. The van der Waals surface area contributed by atoms with Gasteiger partial charge in [-0.25, -0.2) is 4.98 Å². The van der Waals surface area contributed by atoms with Gasteiger partial charge in [0.15, 0.2) is 11.5 Å². The molecule has 1 amide bonds. The number of thiazole rings is 1. The molecule has 1 aromatic carbocycles. The molecule has 6 heteroatoms. The Labute approximate surface area is 133 Å². The largest absolute Gasteiger partial charge is 0.486 e. The number of fused-ring (bicyclic) bond motifs is 1. The lowest BCUT2D eigenvalue weighted by Gasteiger charge is -2.20. The zero-order valence-corrected chi connectivity index (χ0v) is 13.5. The summed E-state index contributed by atoms with van der Waals surface area (Å²) in [5.41, 5.74) is 1.57. The molecule has 2 heterocycles. The number of nitrogens with one attached hydrogen (secondary N) is 1. The van der Waals surface area contributed by atoms with Crippen molar-refractivity contribution in [1.82, 2.24) is 10.3 Å². The van der Waals surface area contributed by atoms with Crippen molar-refractivity contribution in [1.29, 1.82) is 0 Å². The summed E-state index contributed by atoms with van der Waals surface area (Å²) < 4.78 is 11.1. The Morgan fingerprint density at radius 3 is 2.91 bits per heavy atom. The van der Waals surface area contributed by atoms with E-state index in [-0.39, 0.29) is 5.91 Å². The van der Waals surface area contributed by atoms with Gasteiger partial charge in [0, 0.05) is 17.8 Å². The van der Waals surface area contributed by atoms with Crippen LogP contribution in [-0.4, -0.2) is 30.6 Å². The van der Waals surface area contributed by atoms with Gasteiger partial charge in [0.25, 0.3) is 5.91 Å². The van der Waals surface area contributed by atoms with Crippen LogP contribution in [0.1, 0.15) is 25.9 Å². The van der Waals surface area contributed by atoms with Crippen LogP contribution in [0, 0.1) is 13.8 Å². The molecule has 0 aliphatic carbocycles. The van der Waals surface area contributed by atoms with Crippen LogP contribution < -0.4 is 14.8 Å². The van der Waals surface area contributed by atoms with Gasteiger partial charge in [-0.2, -0.15) is 0 Å². The Hall–Kier alpha value is -2.08. The number of amides is 1. The number of ether oxygens (including phenoxy) is 2. The summed E-state index contributed by atoms with van der Waals surface area (Å²) in [7, 11) is 0. The number of hydrogen-bond donors (Lipinski definition) is 1. The van der Waals surface area contributed by atoms with Crippen LogP contribution in [0.5, 0.6) is 11.5 Å². The third-order valence-electron chi connectivity index (χ3n) is 3.45. The van der Waals surface area contributed by atoms with Gasteiger partial charge in [0.05, 0.1) is 16.3 Å². The zero-order chi connectivity index (χ0) is 15.5. The van der Waals surface area contributed by atoms with Crippen molar-refractivity contribution in [2.75, 3.05) is 19.8 Å². The lowest BCUT2D eigenvalue weighted by molar-refractivity contribution is 0.0943. The van der Waals surface area contributed by atoms with Gasteiger partial charge < -0.3 is 14.8 Å². The highest BCUT2D eigenvalue weighted by Gasteiger charge is 2.20. The van der Waals surface area contributed by atoms with E-state index in [9.17, 15) is 4.79 Å². The molecule has 0 fully saturated rings. The second-order valence-corrected chi connectivity index (χ2v) is 6.36. The molecule has 3 rings (SSSR count). The molecular weight excluding hydrogens is 300 g/mol. The predicted molar refractivity (Wildman–Crippen MR) is 85.1 cm³/mol. The van der Waals surface area contributed by atoms with Crippen LogP contribution in [0.2, 0.25) is 0 Å². The number of aromatic nitrogens is 1. The van der Waals surface area contributed by atoms with Crippen LogP contribution in [0.3, 0.4) is 0 Å². The maximum absolute atomic E-state index is 12.3. The van der Waals surface area contributed by atoms with Gasteiger partial charge in [0.2, 0.25) is 0 Å². The SMILES string of the molecule is Cc1nc(C)c(CCNC(=O)c2cccc3c2OCCO3)s1. The summed E-state index contributed by atoms with van der Waals surface area (Å²) in [6.07, 6.45) is 0.787. The van der Waals surface area contributed by atoms with E-state index in [2.05, 4.69) is 10.3 Å². The highest BCUT2D eigenvalue weighted by atomic mass is 32.1. The number of aryl methyl sites for hydroxylation is 2. The molecule has 22 heavy (non-hydrogen) atoms. The lowest BCUT2D eigenvalue weighted by Crippen LogP contribution is -2.27. The predicted octanol–water partition coefficient (Wildman–Crippen LogP) is 2.50. The van der Waals surface area contributed by atoms with Gasteiger partial charge in [0.1, 0.15) is 13.2 Å². The minimum Gasteiger partial charge on any atom is -0.486 e. The first-order chi connectivity index (χ1) is 10.6. The van der Waals surface area contributed by atoms with E-state index in [1.807, 2.05) is 19.9 Å². The Bertz CT molecular complexity index is 697. The normalized spacial score (nSPS) is 13.0. The zero-order valence-electron chi connectivity index (χ0n) is 12.6. The monoisotopic (exact) mass is 318 g/mol. The lowest BCUT2D eigenvalue weighted by atomic mass is 10.1. The summed E-state index contributed by atoms with van der Waals surface area (Å²) in [4.78, 5) is 17.9. The van der Waals surface area contributed by atoms with Crippen molar-refractivity contribution in [2.24, 2.45) is 0 Å². The minimum atomic E-state index is -0.138. The van der Waals surface area contributed by atoms with Crippen molar-refractivity contribution in [3.05, 3.63) is 39.3 Å². The quantitative estimate of drug-likeness (QED) is 0.941. The van der Waals surface area contributed by atoms with Crippen molar-refractivity contribution in [3.8, 4) is 11.5 Å². The third kappa shape index (κ3) is 3.06. The van der Waals surface area contributed by atoms with Gasteiger partial charge in [-0.1, -0.05) is 6.07 Å². The summed E-state index contributed by atoms with van der Waals surface area (Å²) in [6.45, 7) is 5.55. The van der Waals surface area contributed by atoms with Gasteiger partial charge in [-0.15, -0.1) is 11.3 Å². The molecular formula is C16H18N2O3S. The fourth-order valence-corrected chi connectivity index (χ4v) is 3.38. The van der Waals surface area contributed by atoms with Crippen molar-refractivity contribution < 1.29 is 14.3 Å². The van der Waals surface area contributed by atoms with Crippen molar-refractivity contribution in [2.45, 2.75) is 20.3 Å². The standard InChI is InChI=1S/C16H18N2O3S/c1-10-14(22-11(2)18-10)6-7-17-16(19)12-4-3-5-13-15(12)21-9-8-20-13/h3-5H,6-9H2,1-2H3,(H,17,19). The highest BCUT2D eigenvalue weighted by Crippen LogP contribution is 2.33. The number of carbonyl (C=O) groups excluding carboxylic acids is 1. The number of nitrogens with zero attached hydrogens (tertiary/aromatic N) is 1. The Balaban J connectivity index is 1.64. The second kappa shape index (κ2) is 6.36. The van der Waals surface area contributed by atoms with E-state index in [0.29, 0.717) is 36.8 Å². The summed E-state index contributed by atoms with van der Waals surface area (Å²) in [6, 6.07) is 5.37. The number of para-hydroxylation sites is 1. The first-order valence-electron chi connectivity index (χ1n) is 7.25. The number of hydrogen-bond acceptors (Lipinski definition) is 5. The number of benzene rings is 1. The molecule has 0 atom stereocenters. The molecule has 0 saturated carbocycles. The first kappa shape index (κ1) is 14.8. The topological polar surface area (TPSA) is 60.5 Å². The Kier molecular flexibility index (Phi) is 4.29. The number of carbonyl (C=O) groups is 1. The summed E-state index contributed by atoms with van der Waals surface area (Å²) in [5.74, 6) is 1.03. The molecule has 1 N–H and O–H groups in total. The fraction of sp³-hybridized carbons (Fsp3) is 0.375. The third-order valence-corrected chi connectivity index (χ3v) is 4.58. The Morgan fingerprint density at radius 1 is 1.32 bits per heavy atom. The van der Waals surface area contributed by atoms with Gasteiger partial charge >= 0.3 is 0 Å². The Morgan fingerprint density at radius 2 is 2.14 bits per heavy atom. The molecule has 116 valence electrons. The molecule has 0 unspecified atom stereocenters. The molecule has 5 nitrogen and oxygen atoms in total. The van der Waals surface area contributed by atoms with Crippen molar-refractivity contribution in [3.63, 3.8) is 0 Å². The molecule has 1 aliphatic heterocycles. The van der Waals surface area contributed by atoms with Crippen LogP contribution in [-0.2, 0) is 6.42 Å². The minimum absolute atomic E-state index is 0.138. The van der Waals surface area contributed by atoms with Crippen LogP contribution in [0.25, 0.3) is 0 Å². The van der Waals surface area contributed by atoms with E-state index in [1.165, 1.54) is 4.88 Å². The van der Waals surface area contributed by atoms with Crippen molar-refractivity contribution >= 4 is 17.2 Å². The van der Waals surface area contributed by atoms with Crippen LogP contribution in [0.4, 0.5) is 0 Å². The molecule has 0 bridgehead atoms. The first-order valence-corrected chi connectivity index (χ1v) is 8.06. The van der Waals surface area contributed by atoms with E-state index in [1.54, 1.807) is 23.5 Å². The molecule has 0 radical (unpaired) electrons. The fourth-order valence-electron chi connectivity index (χ4n) is 2.44. The average molecular weight is 318 g/mol. The van der Waals surface area contributed by atoms with Gasteiger partial charge in [-0.3, -0.25) is 4.79 Å². The van der Waals surface area contributed by atoms with E-state index in [0.717, 1.165) is 17.1 Å². The highest BCUT2D eigenvalue weighted by molar-refractivity contribution is 7.11. The van der Waals surface area contributed by atoms with Crippen LogP contribution >= 0.6 is 11.3 Å². The van der Waals surface area contributed by atoms with E-state index in [4.69, 9.17) is 9.47 Å². The summed E-state index contributed by atoms with van der Waals surface area (Å²) in [5, 5.41) is 4.00. The molecule has 0 spiro atoms. The average Bonchev–Trinajstić information content (AvgIpc) is 2.84. The van der Waals surface area contributed by atoms with Gasteiger partial charge in [-0.05, 0) is 26.0 Å².